The molecule has 0 aliphatic carbocycles. The summed E-state index contributed by atoms with van der Waals surface area (Å²) in [7, 11) is 0. The SMILES string of the molecule is O=C1CC[C@H](C(=O)C(C2CCc3ccccc3N2)N2CCN(c3cccc4[nH]ccc34)CC2)N1. The topological polar surface area (TPSA) is 80.5 Å². The number of carbonyl (C=O) groups excluding carboxylic acids is 2. The summed E-state index contributed by atoms with van der Waals surface area (Å²) in [4.78, 5) is 33.7. The Hall–Kier alpha value is -3.32. The van der Waals surface area contributed by atoms with Crippen LogP contribution in [0.4, 0.5) is 11.4 Å². The molecule has 3 aromatic rings. The molecule has 3 atom stereocenters. The maximum atomic E-state index is 13.8. The Morgan fingerprint density at radius 1 is 0.912 bits per heavy atom. The van der Waals surface area contributed by atoms with E-state index in [0.717, 1.165) is 50.2 Å². The summed E-state index contributed by atoms with van der Waals surface area (Å²) in [6.45, 7) is 3.37. The molecular weight excluding hydrogens is 426 g/mol. The number of nitrogens with one attached hydrogen (secondary N) is 3. The lowest BCUT2D eigenvalue weighted by Crippen LogP contribution is -2.61. The van der Waals surface area contributed by atoms with E-state index in [1.165, 1.54) is 16.6 Å². The number of para-hydroxylation sites is 1. The van der Waals surface area contributed by atoms with Crippen molar-refractivity contribution >= 4 is 34.0 Å². The van der Waals surface area contributed by atoms with Crippen LogP contribution < -0.4 is 15.5 Å². The van der Waals surface area contributed by atoms with Crippen LogP contribution in [0.3, 0.4) is 0 Å². The molecule has 0 radical (unpaired) electrons. The highest BCUT2D eigenvalue weighted by Crippen LogP contribution is 2.31. The first-order valence-electron chi connectivity index (χ1n) is 12.4. The third kappa shape index (κ3) is 3.84. The van der Waals surface area contributed by atoms with E-state index in [-0.39, 0.29) is 29.8 Å². The van der Waals surface area contributed by atoms with Gasteiger partial charge in [0.2, 0.25) is 5.91 Å². The Labute approximate surface area is 199 Å². The zero-order chi connectivity index (χ0) is 23.1. The number of ketones is 1. The molecule has 2 saturated heterocycles. The van der Waals surface area contributed by atoms with Crippen LogP contribution in [0.15, 0.2) is 54.7 Å². The summed E-state index contributed by atoms with van der Waals surface area (Å²) in [5.74, 6) is 0.146. The molecule has 7 heteroatoms. The van der Waals surface area contributed by atoms with Crippen molar-refractivity contribution in [3.8, 4) is 0 Å². The fraction of sp³-hybridized carbons (Fsp3) is 0.407. The van der Waals surface area contributed by atoms with E-state index in [4.69, 9.17) is 0 Å². The van der Waals surface area contributed by atoms with Gasteiger partial charge in [0.05, 0.1) is 12.1 Å². The number of aromatic nitrogens is 1. The van der Waals surface area contributed by atoms with Crippen molar-refractivity contribution in [3.05, 3.63) is 60.3 Å². The van der Waals surface area contributed by atoms with Gasteiger partial charge in [0.15, 0.2) is 5.78 Å². The van der Waals surface area contributed by atoms with Crippen molar-refractivity contribution in [3.63, 3.8) is 0 Å². The molecule has 2 unspecified atom stereocenters. The molecule has 4 heterocycles. The van der Waals surface area contributed by atoms with Gasteiger partial charge in [-0.3, -0.25) is 14.5 Å². The summed E-state index contributed by atoms with van der Waals surface area (Å²) in [5.41, 5.74) is 4.83. The lowest BCUT2D eigenvalue weighted by atomic mass is 9.88. The number of nitrogens with zero attached hydrogens (tertiary/aromatic N) is 2. The number of hydrogen-bond acceptors (Lipinski definition) is 5. The van der Waals surface area contributed by atoms with Crippen molar-refractivity contribution in [2.75, 3.05) is 36.4 Å². The largest absolute Gasteiger partial charge is 0.380 e. The number of piperazine rings is 1. The Balaban J connectivity index is 1.23. The van der Waals surface area contributed by atoms with Crippen LogP contribution in [-0.2, 0) is 16.0 Å². The normalized spacial score (nSPS) is 23.9. The summed E-state index contributed by atoms with van der Waals surface area (Å²) >= 11 is 0. The Morgan fingerprint density at radius 3 is 2.59 bits per heavy atom. The number of amides is 1. The third-order valence-corrected chi connectivity index (χ3v) is 7.71. The van der Waals surface area contributed by atoms with E-state index in [1.54, 1.807) is 0 Å². The summed E-state index contributed by atoms with van der Waals surface area (Å²) in [6.07, 6.45) is 4.91. The van der Waals surface area contributed by atoms with Gasteiger partial charge < -0.3 is 20.5 Å². The average Bonchev–Trinajstić information content (AvgIpc) is 3.53. The van der Waals surface area contributed by atoms with E-state index >= 15 is 0 Å². The van der Waals surface area contributed by atoms with Crippen molar-refractivity contribution in [2.24, 2.45) is 0 Å². The second-order valence-corrected chi connectivity index (χ2v) is 9.69. The highest BCUT2D eigenvalue weighted by molar-refractivity contribution is 5.96. The molecule has 1 aromatic heterocycles. The highest BCUT2D eigenvalue weighted by Gasteiger charge is 2.41. The second-order valence-electron chi connectivity index (χ2n) is 9.69. The fourth-order valence-corrected chi connectivity index (χ4v) is 5.95. The summed E-state index contributed by atoms with van der Waals surface area (Å²) in [5, 5.41) is 7.85. The van der Waals surface area contributed by atoms with Crippen LogP contribution in [0, 0.1) is 0 Å². The highest BCUT2D eigenvalue weighted by atomic mass is 16.2. The first-order valence-corrected chi connectivity index (χ1v) is 12.4. The maximum absolute atomic E-state index is 13.8. The molecule has 3 aliphatic heterocycles. The number of rotatable bonds is 5. The summed E-state index contributed by atoms with van der Waals surface area (Å²) in [6, 6.07) is 16.3. The minimum atomic E-state index is -0.372. The number of benzene rings is 2. The molecule has 6 rings (SSSR count). The zero-order valence-electron chi connectivity index (χ0n) is 19.3. The van der Waals surface area contributed by atoms with Crippen LogP contribution in [-0.4, -0.2) is 65.9 Å². The standard InChI is InChI=1S/C27H31N5O2/c33-25-11-10-23(30-25)27(34)26(22-9-8-18-4-1-2-5-20(18)29-22)32-16-14-31(15-17-32)24-7-3-6-21-19(24)12-13-28-21/h1-7,12-13,22-23,26,28-29H,8-11,14-17H2,(H,30,33)/t22?,23-,26?/m1/s1. The predicted octanol–water partition coefficient (Wildman–Crippen LogP) is 2.93. The van der Waals surface area contributed by atoms with Crippen LogP contribution in [0.1, 0.15) is 24.8 Å². The van der Waals surface area contributed by atoms with Crippen LogP contribution in [0.5, 0.6) is 0 Å². The predicted molar refractivity (Wildman–Crippen MR) is 134 cm³/mol. The maximum Gasteiger partial charge on any atom is 0.220 e. The number of Topliss-reactive ketones (excluding diaryl/α,β-unsaturated/α-hetero) is 1. The van der Waals surface area contributed by atoms with E-state index in [1.807, 2.05) is 12.3 Å². The van der Waals surface area contributed by atoms with Crippen LogP contribution >= 0.6 is 0 Å². The number of anilines is 2. The van der Waals surface area contributed by atoms with Crippen molar-refractivity contribution in [1.29, 1.82) is 0 Å². The van der Waals surface area contributed by atoms with E-state index < -0.39 is 0 Å². The van der Waals surface area contributed by atoms with Gasteiger partial charge in [0.25, 0.3) is 0 Å². The third-order valence-electron chi connectivity index (χ3n) is 7.71. The van der Waals surface area contributed by atoms with Gasteiger partial charge in [-0.15, -0.1) is 0 Å². The number of aryl methyl sites for hydroxylation is 1. The number of H-pyrrole nitrogens is 1. The van der Waals surface area contributed by atoms with Gasteiger partial charge in [-0.25, -0.2) is 0 Å². The van der Waals surface area contributed by atoms with Crippen molar-refractivity contribution in [1.82, 2.24) is 15.2 Å². The van der Waals surface area contributed by atoms with E-state index in [9.17, 15) is 9.59 Å². The molecule has 3 aliphatic rings. The molecule has 1 amide bonds. The number of hydrogen-bond donors (Lipinski definition) is 3. The Bertz CT molecular complexity index is 1210. The molecule has 34 heavy (non-hydrogen) atoms. The quantitative estimate of drug-likeness (QED) is 0.549. The first kappa shape index (κ1) is 21.2. The molecule has 0 spiro atoms. The lowest BCUT2D eigenvalue weighted by molar-refractivity contribution is -0.128. The second kappa shape index (κ2) is 8.80. The Morgan fingerprint density at radius 2 is 1.76 bits per heavy atom. The fourth-order valence-electron chi connectivity index (χ4n) is 5.95. The van der Waals surface area contributed by atoms with E-state index in [2.05, 4.69) is 67.9 Å². The summed E-state index contributed by atoms with van der Waals surface area (Å²) < 4.78 is 0. The molecule has 7 nitrogen and oxygen atoms in total. The van der Waals surface area contributed by atoms with Gasteiger partial charge in [0.1, 0.15) is 0 Å². The number of aromatic amines is 1. The minimum absolute atomic E-state index is 0.0107. The van der Waals surface area contributed by atoms with E-state index in [0.29, 0.717) is 12.8 Å². The van der Waals surface area contributed by atoms with Crippen molar-refractivity contribution < 1.29 is 9.59 Å². The van der Waals surface area contributed by atoms with Crippen molar-refractivity contribution in [2.45, 2.75) is 43.8 Å². The first-order chi connectivity index (χ1) is 16.7. The molecule has 0 bridgehead atoms. The molecule has 3 N–H and O–H groups in total. The number of fused-ring (bicyclic) bond motifs is 2. The number of carbonyl (C=O) groups is 2. The average molecular weight is 458 g/mol. The lowest BCUT2D eigenvalue weighted by Gasteiger charge is -2.44. The minimum Gasteiger partial charge on any atom is -0.380 e. The van der Waals surface area contributed by atoms with Gasteiger partial charge in [-0.05, 0) is 49.1 Å². The van der Waals surface area contributed by atoms with Crippen LogP contribution in [0.2, 0.25) is 0 Å². The van der Waals surface area contributed by atoms with Gasteiger partial charge in [0, 0.05) is 67.1 Å². The molecule has 2 fully saturated rings. The van der Waals surface area contributed by atoms with Crippen LogP contribution in [0.25, 0.3) is 10.9 Å². The Kier molecular flexibility index (Phi) is 5.49. The molecular formula is C27H31N5O2. The molecule has 0 saturated carbocycles. The smallest absolute Gasteiger partial charge is 0.220 e. The van der Waals surface area contributed by atoms with Gasteiger partial charge in [-0.2, -0.15) is 0 Å². The monoisotopic (exact) mass is 457 g/mol. The van der Waals surface area contributed by atoms with Gasteiger partial charge >= 0.3 is 0 Å². The van der Waals surface area contributed by atoms with Gasteiger partial charge in [-0.1, -0.05) is 24.3 Å². The molecule has 2 aromatic carbocycles. The molecule has 176 valence electrons. The zero-order valence-corrected chi connectivity index (χ0v) is 19.3.